The number of aromatic nitrogens is 2. The van der Waals surface area contributed by atoms with E-state index in [-0.39, 0.29) is 23.7 Å². The molecule has 3 rings (SSSR count). The Labute approximate surface area is 189 Å². The minimum absolute atomic E-state index is 0.0565. The molecule has 2 aromatic heterocycles. The predicted molar refractivity (Wildman–Crippen MR) is 122 cm³/mol. The van der Waals surface area contributed by atoms with Crippen molar-refractivity contribution in [3.63, 3.8) is 0 Å². The summed E-state index contributed by atoms with van der Waals surface area (Å²) in [6.07, 6.45) is 1.80. The van der Waals surface area contributed by atoms with Crippen LogP contribution in [0.1, 0.15) is 32.9 Å². The van der Waals surface area contributed by atoms with Crippen molar-refractivity contribution >= 4 is 34.3 Å². The monoisotopic (exact) mass is 457 g/mol. The molecule has 4 N–H and O–H groups in total. The first kappa shape index (κ1) is 24.0. The fourth-order valence-electron chi connectivity index (χ4n) is 3.19. The molecular formula is C23H25F2N5O3. The minimum Gasteiger partial charge on any atom is -0.390 e. The highest BCUT2D eigenvalue weighted by atomic mass is 19.1. The van der Waals surface area contributed by atoms with E-state index in [4.69, 9.17) is 0 Å². The zero-order chi connectivity index (χ0) is 24.3. The normalized spacial score (nSPS) is 11.4. The van der Waals surface area contributed by atoms with Crippen LogP contribution in [0.4, 0.5) is 25.1 Å². The molecule has 3 aromatic rings. The van der Waals surface area contributed by atoms with Crippen molar-refractivity contribution in [2.75, 3.05) is 17.2 Å². The Kier molecular flexibility index (Phi) is 6.87. The number of urea groups is 1. The van der Waals surface area contributed by atoms with Gasteiger partial charge < -0.3 is 21.1 Å². The summed E-state index contributed by atoms with van der Waals surface area (Å²) < 4.78 is 29.0. The summed E-state index contributed by atoms with van der Waals surface area (Å²) in [7, 11) is 0. The second-order valence-corrected chi connectivity index (χ2v) is 8.32. The van der Waals surface area contributed by atoms with Crippen LogP contribution >= 0.6 is 0 Å². The standard InChI is InChI=1S/C23H25F2N5O3/c1-12-15(7-14-11-27-21(29-13(2)31)10-19(14)28-12)16-8-20(18(25)9-17(16)24)30-22(32)26-6-5-23(3,4)33/h7-11,33H,5-6H2,1-4H3,(H2,26,30,32)(H,27,29,31). The summed E-state index contributed by atoms with van der Waals surface area (Å²) in [4.78, 5) is 32.0. The van der Waals surface area contributed by atoms with E-state index in [0.29, 0.717) is 40.5 Å². The highest BCUT2D eigenvalue weighted by molar-refractivity contribution is 5.93. The Hall–Kier alpha value is -3.66. The van der Waals surface area contributed by atoms with Crippen molar-refractivity contribution in [3.8, 4) is 11.1 Å². The molecule has 0 unspecified atom stereocenters. The number of rotatable bonds is 6. The quantitative estimate of drug-likeness (QED) is 0.444. The van der Waals surface area contributed by atoms with Gasteiger partial charge in [0, 0.05) is 54.0 Å². The van der Waals surface area contributed by atoms with Crippen LogP contribution in [0.25, 0.3) is 22.0 Å². The molecule has 0 fully saturated rings. The lowest BCUT2D eigenvalue weighted by Crippen LogP contribution is -2.33. The topological polar surface area (TPSA) is 116 Å². The number of nitrogens with one attached hydrogen (secondary N) is 3. The van der Waals surface area contributed by atoms with Crippen molar-refractivity contribution in [3.05, 3.63) is 47.8 Å². The number of carbonyl (C=O) groups excluding carboxylic acids is 2. The third-order valence-corrected chi connectivity index (χ3v) is 4.81. The van der Waals surface area contributed by atoms with E-state index in [0.717, 1.165) is 0 Å². The van der Waals surface area contributed by atoms with Gasteiger partial charge in [-0.05, 0) is 39.3 Å². The maximum atomic E-state index is 14.7. The molecule has 0 saturated heterocycles. The second kappa shape index (κ2) is 9.45. The van der Waals surface area contributed by atoms with E-state index in [9.17, 15) is 23.5 Å². The summed E-state index contributed by atoms with van der Waals surface area (Å²) >= 11 is 0. The van der Waals surface area contributed by atoms with Gasteiger partial charge in [0.2, 0.25) is 5.91 Å². The molecule has 33 heavy (non-hydrogen) atoms. The van der Waals surface area contributed by atoms with Crippen molar-refractivity contribution in [1.29, 1.82) is 0 Å². The van der Waals surface area contributed by atoms with Gasteiger partial charge in [0.1, 0.15) is 17.5 Å². The predicted octanol–water partition coefficient (Wildman–Crippen LogP) is 4.12. The average Bonchev–Trinajstić information content (AvgIpc) is 2.68. The molecule has 0 saturated carbocycles. The van der Waals surface area contributed by atoms with Crippen LogP contribution in [0, 0.1) is 18.6 Å². The van der Waals surface area contributed by atoms with Gasteiger partial charge in [-0.15, -0.1) is 0 Å². The van der Waals surface area contributed by atoms with Crippen LogP contribution in [0.5, 0.6) is 0 Å². The molecule has 174 valence electrons. The van der Waals surface area contributed by atoms with Gasteiger partial charge in [0.25, 0.3) is 0 Å². The van der Waals surface area contributed by atoms with Gasteiger partial charge in [-0.3, -0.25) is 9.78 Å². The Bertz CT molecular complexity index is 1220. The number of hydrogen-bond acceptors (Lipinski definition) is 5. The number of amides is 3. The van der Waals surface area contributed by atoms with E-state index in [1.165, 1.54) is 19.2 Å². The number of halogens is 2. The summed E-state index contributed by atoms with van der Waals surface area (Å²) in [6.45, 7) is 6.42. The molecule has 8 nitrogen and oxygen atoms in total. The summed E-state index contributed by atoms with van der Waals surface area (Å²) in [5.74, 6) is -1.67. The van der Waals surface area contributed by atoms with Crippen molar-refractivity contribution < 1.29 is 23.5 Å². The van der Waals surface area contributed by atoms with Crippen LogP contribution in [-0.4, -0.2) is 39.2 Å². The molecular weight excluding hydrogens is 432 g/mol. The molecule has 0 atom stereocenters. The lowest BCUT2D eigenvalue weighted by atomic mass is 10.0. The summed E-state index contributed by atoms with van der Waals surface area (Å²) in [5, 5.41) is 17.8. The van der Waals surface area contributed by atoms with Crippen molar-refractivity contribution in [2.45, 2.75) is 39.7 Å². The lowest BCUT2D eigenvalue weighted by Gasteiger charge is -2.17. The molecule has 0 bridgehead atoms. The Morgan fingerprint density at radius 1 is 1.06 bits per heavy atom. The van der Waals surface area contributed by atoms with E-state index in [1.54, 1.807) is 32.9 Å². The second-order valence-electron chi connectivity index (χ2n) is 8.32. The molecule has 0 radical (unpaired) electrons. The largest absolute Gasteiger partial charge is 0.390 e. The van der Waals surface area contributed by atoms with Gasteiger partial charge >= 0.3 is 6.03 Å². The molecule has 0 aliphatic carbocycles. The first-order valence-electron chi connectivity index (χ1n) is 10.2. The number of aliphatic hydroxyl groups is 1. The Morgan fingerprint density at radius 2 is 1.79 bits per heavy atom. The fourth-order valence-corrected chi connectivity index (χ4v) is 3.19. The summed E-state index contributed by atoms with van der Waals surface area (Å²) in [5.41, 5.74) is 0.307. The van der Waals surface area contributed by atoms with Gasteiger partial charge in [0.05, 0.1) is 16.8 Å². The van der Waals surface area contributed by atoms with E-state index < -0.39 is 23.3 Å². The average molecular weight is 457 g/mol. The van der Waals surface area contributed by atoms with Crippen LogP contribution in [0.2, 0.25) is 0 Å². The zero-order valence-corrected chi connectivity index (χ0v) is 18.7. The number of benzene rings is 1. The van der Waals surface area contributed by atoms with Crippen molar-refractivity contribution in [2.24, 2.45) is 0 Å². The molecule has 0 aliphatic rings. The highest BCUT2D eigenvalue weighted by Crippen LogP contribution is 2.32. The smallest absolute Gasteiger partial charge is 0.319 e. The van der Waals surface area contributed by atoms with Crippen molar-refractivity contribution in [1.82, 2.24) is 15.3 Å². The third kappa shape index (κ3) is 6.19. The van der Waals surface area contributed by atoms with Crippen LogP contribution in [0.3, 0.4) is 0 Å². The van der Waals surface area contributed by atoms with Gasteiger partial charge in [-0.1, -0.05) is 0 Å². The SMILES string of the molecule is CC(=O)Nc1cc2nc(C)c(-c3cc(NC(=O)NCCC(C)(C)O)c(F)cc3F)cc2cn1. The maximum Gasteiger partial charge on any atom is 0.319 e. The molecule has 2 heterocycles. The number of anilines is 2. The first-order valence-corrected chi connectivity index (χ1v) is 10.2. The third-order valence-electron chi connectivity index (χ3n) is 4.81. The number of nitrogens with zero attached hydrogens (tertiary/aromatic N) is 2. The molecule has 0 spiro atoms. The number of pyridine rings is 2. The minimum atomic E-state index is -0.958. The van der Waals surface area contributed by atoms with Gasteiger partial charge in [0.15, 0.2) is 0 Å². The molecule has 3 amide bonds. The fraction of sp³-hybridized carbons (Fsp3) is 0.304. The van der Waals surface area contributed by atoms with E-state index in [1.807, 2.05) is 0 Å². The van der Waals surface area contributed by atoms with Crippen LogP contribution in [-0.2, 0) is 4.79 Å². The van der Waals surface area contributed by atoms with Crippen LogP contribution < -0.4 is 16.0 Å². The number of aryl methyl sites for hydroxylation is 1. The first-order chi connectivity index (χ1) is 15.4. The molecule has 0 aliphatic heterocycles. The van der Waals surface area contributed by atoms with Gasteiger partial charge in [-0.2, -0.15) is 0 Å². The molecule has 1 aromatic carbocycles. The Balaban J connectivity index is 1.90. The number of carbonyl (C=O) groups is 2. The van der Waals surface area contributed by atoms with Gasteiger partial charge in [-0.25, -0.2) is 18.6 Å². The Morgan fingerprint density at radius 3 is 2.45 bits per heavy atom. The molecule has 10 heteroatoms. The maximum absolute atomic E-state index is 14.7. The van der Waals surface area contributed by atoms with Crippen LogP contribution in [0.15, 0.2) is 30.5 Å². The summed E-state index contributed by atoms with van der Waals surface area (Å²) in [6, 6.07) is 4.48. The number of hydrogen-bond donors (Lipinski definition) is 4. The lowest BCUT2D eigenvalue weighted by molar-refractivity contribution is -0.114. The highest BCUT2D eigenvalue weighted by Gasteiger charge is 2.17. The zero-order valence-electron chi connectivity index (χ0n) is 18.7. The van der Waals surface area contributed by atoms with E-state index >= 15 is 0 Å². The number of fused-ring (bicyclic) bond motifs is 1. The van der Waals surface area contributed by atoms with E-state index in [2.05, 4.69) is 25.9 Å².